The Morgan fingerprint density at radius 1 is 1.20 bits per heavy atom. The van der Waals surface area contributed by atoms with E-state index < -0.39 is 0 Å². The average molecular weight is 348 g/mol. The first kappa shape index (κ1) is 20.8. The summed E-state index contributed by atoms with van der Waals surface area (Å²) < 4.78 is 0. The number of carbonyl (C=O) groups is 1. The smallest absolute Gasteiger partial charge is 0.243 e. The third-order valence-corrected chi connectivity index (χ3v) is 4.06. The Balaban J connectivity index is 2.90. The molecule has 0 aliphatic rings. The number of nitrogens with zero attached hydrogens (tertiary/aromatic N) is 4. The second-order valence-electron chi connectivity index (χ2n) is 6.80. The molecule has 1 aromatic rings. The van der Waals surface area contributed by atoms with Crippen LogP contribution in [0, 0.1) is 0 Å². The van der Waals surface area contributed by atoms with Crippen LogP contribution in [0.4, 0.5) is 5.69 Å². The van der Waals surface area contributed by atoms with Gasteiger partial charge in [0.05, 0.1) is 0 Å². The monoisotopic (exact) mass is 347 g/mol. The second-order valence-corrected chi connectivity index (χ2v) is 6.80. The van der Waals surface area contributed by atoms with Crippen LogP contribution in [-0.4, -0.2) is 69.5 Å². The molecule has 0 bridgehead atoms. The van der Waals surface area contributed by atoms with Crippen LogP contribution in [0.1, 0.15) is 25.8 Å². The molecular weight excluding hydrogens is 314 g/mol. The molecule has 6 nitrogen and oxygen atoms in total. The first-order chi connectivity index (χ1) is 11.7. The van der Waals surface area contributed by atoms with Crippen LogP contribution >= 0.6 is 0 Å². The number of likely N-dealkylation sites (N-methyl/N-ethyl adjacent to an activating group) is 1. The maximum Gasteiger partial charge on any atom is 0.243 e. The summed E-state index contributed by atoms with van der Waals surface area (Å²) in [5.74, 6) is 0.742. The van der Waals surface area contributed by atoms with Crippen molar-refractivity contribution in [2.75, 3.05) is 46.7 Å². The second kappa shape index (κ2) is 9.91. The molecule has 0 spiro atoms. The Hall–Kier alpha value is -2.24. The van der Waals surface area contributed by atoms with Gasteiger partial charge in [-0.25, -0.2) is 4.99 Å². The van der Waals surface area contributed by atoms with Gasteiger partial charge in [-0.05, 0) is 31.0 Å². The van der Waals surface area contributed by atoms with Gasteiger partial charge in [0.25, 0.3) is 0 Å². The number of anilines is 1. The fraction of sp³-hybridized carbons (Fsp3) is 0.579. The molecule has 1 unspecified atom stereocenters. The molecule has 0 aromatic heterocycles. The number of aliphatic imine (C=N–C) groups is 1. The number of rotatable bonds is 7. The van der Waals surface area contributed by atoms with Gasteiger partial charge in [-0.1, -0.05) is 19.1 Å². The van der Waals surface area contributed by atoms with Crippen molar-refractivity contribution in [3.63, 3.8) is 0 Å². The Kier molecular flexibility index (Phi) is 8.25. The summed E-state index contributed by atoms with van der Waals surface area (Å²) in [4.78, 5) is 22.1. The molecule has 1 atom stereocenters. The Morgan fingerprint density at radius 2 is 1.88 bits per heavy atom. The number of carbonyl (C=O) groups excluding carboxylic acids is 1. The van der Waals surface area contributed by atoms with Gasteiger partial charge in [0.15, 0.2) is 5.96 Å². The zero-order valence-electron chi connectivity index (χ0n) is 16.7. The van der Waals surface area contributed by atoms with Crippen LogP contribution in [0.15, 0.2) is 29.3 Å². The minimum atomic E-state index is -0.00791. The highest BCUT2D eigenvalue weighted by molar-refractivity contribution is 5.84. The summed E-state index contributed by atoms with van der Waals surface area (Å²) in [7, 11) is 9.56. The van der Waals surface area contributed by atoms with Crippen LogP contribution in [0.5, 0.6) is 0 Å². The molecule has 1 rings (SSSR count). The maximum absolute atomic E-state index is 11.9. The van der Waals surface area contributed by atoms with Crippen molar-refractivity contribution >= 4 is 17.6 Å². The Labute approximate surface area is 152 Å². The van der Waals surface area contributed by atoms with E-state index in [1.54, 1.807) is 19.0 Å². The number of hydrogen-bond donors (Lipinski definition) is 1. The van der Waals surface area contributed by atoms with Gasteiger partial charge >= 0.3 is 0 Å². The third kappa shape index (κ3) is 7.03. The topological polar surface area (TPSA) is 51.2 Å². The molecule has 0 aliphatic heterocycles. The molecule has 6 heteroatoms. The van der Waals surface area contributed by atoms with Crippen molar-refractivity contribution in [2.45, 2.75) is 32.9 Å². The highest BCUT2D eigenvalue weighted by Gasteiger charge is 2.12. The largest absolute Gasteiger partial charge is 0.378 e. The molecule has 0 saturated heterocycles. The van der Waals surface area contributed by atoms with Gasteiger partial charge in [0, 0.05) is 53.5 Å². The number of benzene rings is 1. The zero-order chi connectivity index (χ0) is 19.0. The molecule has 140 valence electrons. The maximum atomic E-state index is 11.9. The van der Waals surface area contributed by atoms with E-state index in [4.69, 9.17) is 0 Å². The molecule has 1 aromatic carbocycles. The van der Waals surface area contributed by atoms with Gasteiger partial charge in [-0.15, -0.1) is 0 Å². The van der Waals surface area contributed by atoms with E-state index in [-0.39, 0.29) is 12.5 Å². The third-order valence-electron chi connectivity index (χ3n) is 4.06. The Bertz CT molecular complexity index is 583. The highest BCUT2D eigenvalue weighted by atomic mass is 16.2. The Morgan fingerprint density at radius 3 is 2.44 bits per heavy atom. The van der Waals surface area contributed by atoms with Crippen LogP contribution in [0.2, 0.25) is 0 Å². The first-order valence-electron chi connectivity index (χ1n) is 8.73. The van der Waals surface area contributed by atoms with Crippen LogP contribution in [0.25, 0.3) is 0 Å². The zero-order valence-corrected chi connectivity index (χ0v) is 16.7. The molecule has 25 heavy (non-hydrogen) atoms. The summed E-state index contributed by atoms with van der Waals surface area (Å²) in [5, 5.41) is 3.41. The van der Waals surface area contributed by atoms with E-state index in [0.717, 1.165) is 18.9 Å². The van der Waals surface area contributed by atoms with E-state index in [1.807, 2.05) is 21.1 Å². The lowest BCUT2D eigenvalue weighted by atomic mass is 10.2. The van der Waals surface area contributed by atoms with E-state index >= 15 is 0 Å². The summed E-state index contributed by atoms with van der Waals surface area (Å²) in [6, 6.07) is 8.72. The van der Waals surface area contributed by atoms with E-state index in [1.165, 1.54) is 11.3 Å². The highest BCUT2D eigenvalue weighted by Crippen LogP contribution is 2.14. The van der Waals surface area contributed by atoms with Crippen LogP contribution in [-0.2, 0) is 11.3 Å². The van der Waals surface area contributed by atoms with Gasteiger partial charge in [-0.2, -0.15) is 0 Å². The summed E-state index contributed by atoms with van der Waals surface area (Å²) in [5.41, 5.74) is 2.37. The minimum Gasteiger partial charge on any atom is -0.378 e. The standard InChI is InChI=1S/C19H33N5O/c1-8-15(2)21-19(20-13-18(25)23(5)6)24(7)14-16-10-9-11-17(12-16)22(3)4/h9-12,15H,8,13-14H2,1-7H3,(H,20,21). The normalized spacial score (nSPS) is 12.5. The van der Waals surface area contributed by atoms with Crippen molar-refractivity contribution in [1.29, 1.82) is 0 Å². The first-order valence-corrected chi connectivity index (χ1v) is 8.73. The van der Waals surface area contributed by atoms with Crippen LogP contribution < -0.4 is 10.2 Å². The van der Waals surface area contributed by atoms with Crippen molar-refractivity contribution in [3.05, 3.63) is 29.8 Å². The molecule has 0 saturated carbocycles. The van der Waals surface area contributed by atoms with E-state index in [0.29, 0.717) is 6.04 Å². The summed E-state index contributed by atoms with van der Waals surface area (Å²) in [6.45, 7) is 5.11. The fourth-order valence-electron chi connectivity index (χ4n) is 2.16. The van der Waals surface area contributed by atoms with E-state index in [2.05, 4.69) is 58.2 Å². The number of nitrogens with one attached hydrogen (secondary N) is 1. The molecule has 0 aliphatic carbocycles. The summed E-state index contributed by atoms with van der Waals surface area (Å²) >= 11 is 0. The predicted molar refractivity (Wildman–Crippen MR) is 106 cm³/mol. The SMILES string of the molecule is CCC(C)NC(=NCC(=O)N(C)C)N(C)Cc1cccc(N(C)C)c1. The molecule has 0 radical (unpaired) electrons. The van der Waals surface area contributed by atoms with Gasteiger partial charge < -0.3 is 20.0 Å². The number of amides is 1. The summed E-state index contributed by atoms with van der Waals surface area (Å²) in [6.07, 6.45) is 0.991. The molecule has 1 N–H and O–H groups in total. The van der Waals surface area contributed by atoms with E-state index in [9.17, 15) is 4.79 Å². The quantitative estimate of drug-likeness (QED) is 0.606. The minimum absolute atomic E-state index is 0.00791. The van der Waals surface area contributed by atoms with Gasteiger partial charge in [0.2, 0.25) is 5.91 Å². The lowest BCUT2D eigenvalue weighted by Crippen LogP contribution is -2.43. The van der Waals surface area contributed by atoms with Crippen LogP contribution in [0.3, 0.4) is 0 Å². The average Bonchev–Trinajstić information content (AvgIpc) is 2.57. The molecule has 1 amide bonds. The molecule has 0 fully saturated rings. The van der Waals surface area contributed by atoms with Gasteiger partial charge in [0.1, 0.15) is 6.54 Å². The molecular formula is C19H33N5O. The van der Waals surface area contributed by atoms with Crippen molar-refractivity contribution in [2.24, 2.45) is 4.99 Å². The fourth-order valence-corrected chi connectivity index (χ4v) is 2.16. The lowest BCUT2D eigenvalue weighted by molar-refractivity contribution is -0.127. The van der Waals surface area contributed by atoms with Gasteiger partial charge in [-0.3, -0.25) is 4.79 Å². The lowest BCUT2D eigenvalue weighted by Gasteiger charge is -2.26. The van der Waals surface area contributed by atoms with Crippen molar-refractivity contribution in [1.82, 2.24) is 15.1 Å². The predicted octanol–water partition coefficient (Wildman–Crippen LogP) is 2.02. The number of hydrogen-bond acceptors (Lipinski definition) is 3. The van der Waals surface area contributed by atoms with Crippen molar-refractivity contribution < 1.29 is 4.79 Å². The number of guanidine groups is 1. The molecule has 0 heterocycles. The van der Waals surface area contributed by atoms with Crippen molar-refractivity contribution in [3.8, 4) is 0 Å².